The number of carbonyl (C=O) groups excluding carboxylic acids is 1. The largest absolute Gasteiger partial charge is 0.310 e. The van der Waals surface area contributed by atoms with Gasteiger partial charge in [0.15, 0.2) is 0 Å². The highest BCUT2D eigenvalue weighted by Crippen LogP contribution is 2.30. The van der Waals surface area contributed by atoms with Gasteiger partial charge in [-0.1, -0.05) is 6.92 Å². The van der Waals surface area contributed by atoms with Gasteiger partial charge in [0.2, 0.25) is 5.91 Å². The van der Waals surface area contributed by atoms with Crippen LogP contribution in [-0.2, 0) is 4.79 Å². The van der Waals surface area contributed by atoms with Gasteiger partial charge in [-0.3, -0.25) is 9.36 Å². The van der Waals surface area contributed by atoms with Gasteiger partial charge in [0.1, 0.15) is 17.7 Å². The number of hydrogen-bond donors (Lipinski definition) is 2. The Bertz CT molecular complexity index is 844. The van der Waals surface area contributed by atoms with Gasteiger partial charge in [-0.05, 0) is 63.9 Å². The van der Waals surface area contributed by atoms with E-state index in [-0.39, 0.29) is 23.8 Å². The van der Waals surface area contributed by atoms with E-state index in [0.29, 0.717) is 17.1 Å². The molecule has 0 fully saturated rings. The molecule has 1 aromatic carbocycles. The van der Waals surface area contributed by atoms with Gasteiger partial charge < -0.3 is 10.6 Å². The smallest absolute Gasteiger partial charge is 0.239 e. The maximum absolute atomic E-state index is 13.3. The molecule has 2 N–H and O–H groups in total. The second-order valence-corrected chi connectivity index (χ2v) is 7.00. The molecule has 0 saturated heterocycles. The van der Waals surface area contributed by atoms with Crippen LogP contribution in [0.1, 0.15) is 44.0 Å². The normalized spacial score (nSPS) is 11.3. The lowest BCUT2D eigenvalue weighted by Crippen LogP contribution is -2.43. The van der Waals surface area contributed by atoms with Crippen molar-refractivity contribution in [3.63, 3.8) is 0 Å². The molecule has 0 saturated carbocycles. The highest BCUT2D eigenvalue weighted by Gasteiger charge is 2.22. The fourth-order valence-electron chi connectivity index (χ4n) is 2.59. The fraction of sp³-hybridized carbons (Fsp3) is 0.400. The Balaban J connectivity index is 2.38. The van der Waals surface area contributed by atoms with Gasteiger partial charge in [0, 0.05) is 16.9 Å². The number of nitrogens with one attached hydrogen (secondary N) is 2. The van der Waals surface area contributed by atoms with Gasteiger partial charge in [0.25, 0.3) is 0 Å². The molecule has 1 heterocycles. The summed E-state index contributed by atoms with van der Waals surface area (Å²) in [5, 5.41) is 15.6. The number of anilines is 1. The summed E-state index contributed by atoms with van der Waals surface area (Å²) >= 11 is 0. The highest BCUT2D eigenvalue weighted by molar-refractivity contribution is 5.93. The third-order valence-corrected chi connectivity index (χ3v) is 4.78. The van der Waals surface area contributed by atoms with Gasteiger partial charge in [-0.2, -0.15) is 5.26 Å². The van der Waals surface area contributed by atoms with Gasteiger partial charge in [0.05, 0.1) is 12.1 Å². The highest BCUT2D eigenvalue weighted by atomic mass is 19.1. The van der Waals surface area contributed by atoms with E-state index in [9.17, 15) is 14.4 Å². The van der Waals surface area contributed by atoms with Crippen LogP contribution in [0.3, 0.4) is 0 Å². The lowest BCUT2D eigenvalue weighted by molar-refractivity contribution is -0.115. The molecule has 2 aromatic rings. The summed E-state index contributed by atoms with van der Waals surface area (Å²) in [6.07, 6.45) is 0.883. The molecule has 0 aliphatic heterocycles. The number of rotatable bonds is 6. The van der Waals surface area contributed by atoms with Gasteiger partial charge >= 0.3 is 0 Å². The Labute approximate surface area is 153 Å². The maximum atomic E-state index is 13.3. The molecular formula is C20H25FN4O. The number of halogens is 1. The topological polar surface area (TPSA) is 69.8 Å². The summed E-state index contributed by atoms with van der Waals surface area (Å²) in [4.78, 5) is 12.4. The van der Waals surface area contributed by atoms with E-state index in [0.717, 1.165) is 17.7 Å². The number of nitrogens with zero attached hydrogens (tertiary/aromatic N) is 2. The van der Waals surface area contributed by atoms with E-state index in [1.807, 2.05) is 34.6 Å². The standard InChI is InChI=1S/C20H25FN4O/c1-6-20(4,5)23-12-18(26)24-19-17(11-22)13(2)14(3)25(19)16-9-7-15(21)8-10-16/h7-10,23H,6,12H2,1-5H3,(H,24,26). The van der Waals surface area contributed by atoms with E-state index < -0.39 is 0 Å². The maximum Gasteiger partial charge on any atom is 0.239 e. The first-order valence-electron chi connectivity index (χ1n) is 8.63. The van der Waals surface area contributed by atoms with Gasteiger partial charge in [-0.25, -0.2) is 4.39 Å². The second-order valence-electron chi connectivity index (χ2n) is 7.00. The molecule has 0 spiro atoms. The van der Waals surface area contributed by atoms with Crippen molar-refractivity contribution in [3.8, 4) is 11.8 Å². The number of benzene rings is 1. The summed E-state index contributed by atoms with van der Waals surface area (Å²) in [5.74, 6) is -0.161. The molecule has 6 heteroatoms. The molecule has 5 nitrogen and oxygen atoms in total. The van der Waals surface area contributed by atoms with Crippen LogP contribution in [0.2, 0.25) is 0 Å². The molecule has 0 atom stereocenters. The summed E-state index contributed by atoms with van der Waals surface area (Å²) in [5.41, 5.74) is 2.56. The first kappa shape index (κ1) is 19.7. The van der Waals surface area contributed by atoms with Crippen LogP contribution in [0, 0.1) is 31.0 Å². The lowest BCUT2D eigenvalue weighted by Gasteiger charge is -2.24. The first-order chi connectivity index (χ1) is 12.2. The minimum absolute atomic E-state index is 0.137. The van der Waals surface area contributed by atoms with Crippen LogP contribution in [0.5, 0.6) is 0 Å². The van der Waals surface area contributed by atoms with Gasteiger partial charge in [-0.15, -0.1) is 0 Å². The van der Waals surface area contributed by atoms with Crippen molar-refractivity contribution in [1.82, 2.24) is 9.88 Å². The van der Waals surface area contributed by atoms with E-state index in [1.165, 1.54) is 12.1 Å². The third kappa shape index (κ3) is 4.12. The Morgan fingerprint density at radius 3 is 2.42 bits per heavy atom. The van der Waals surface area contributed by atoms with E-state index in [4.69, 9.17) is 0 Å². The Morgan fingerprint density at radius 1 is 1.27 bits per heavy atom. The number of hydrogen-bond acceptors (Lipinski definition) is 3. The monoisotopic (exact) mass is 356 g/mol. The molecule has 0 bridgehead atoms. The first-order valence-corrected chi connectivity index (χ1v) is 8.63. The van der Waals surface area contributed by atoms with Crippen LogP contribution in [0.25, 0.3) is 5.69 Å². The van der Waals surface area contributed by atoms with E-state index >= 15 is 0 Å². The summed E-state index contributed by atoms with van der Waals surface area (Å²) < 4.78 is 15.0. The molecule has 0 aliphatic carbocycles. The Kier molecular flexibility index (Phi) is 5.83. The zero-order chi connectivity index (χ0) is 19.5. The number of amides is 1. The SMILES string of the molecule is CCC(C)(C)NCC(=O)Nc1c(C#N)c(C)c(C)n1-c1ccc(F)cc1. The second kappa shape index (κ2) is 7.71. The predicted octanol–water partition coefficient (Wildman–Crippen LogP) is 3.82. The molecule has 1 aromatic heterocycles. The average Bonchev–Trinajstić information content (AvgIpc) is 2.84. The van der Waals surface area contributed by atoms with Crippen LogP contribution < -0.4 is 10.6 Å². The number of nitriles is 1. The molecule has 0 radical (unpaired) electrons. The minimum atomic E-state index is -0.340. The molecule has 1 amide bonds. The third-order valence-electron chi connectivity index (χ3n) is 4.78. The predicted molar refractivity (Wildman–Crippen MR) is 101 cm³/mol. The zero-order valence-corrected chi connectivity index (χ0v) is 15.9. The number of carbonyl (C=O) groups is 1. The molecule has 138 valence electrons. The average molecular weight is 356 g/mol. The molecule has 2 rings (SSSR count). The van der Waals surface area contributed by atoms with Crippen molar-refractivity contribution < 1.29 is 9.18 Å². The quantitative estimate of drug-likeness (QED) is 0.827. The van der Waals surface area contributed by atoms with Crippen molar-refractivity contribution in [1.29, 1.82) is 5.26 Å². The van der Waals surface area contributed by atoms with Crippen molar-refractivity contribution in [2.45, 2.75) is 46.6 Å². The van der Waals surface area contributed by atoms with Crippen LogP contribution >= 0.6 is 0 Å². The van der Waals surface area contributed by atoms with E-state index in [2.05, 4.69) is 16.7 Å². The summed E-state index contributed by atoms with van der Waals surface area (Å²) in [6, 6.07) is 8.12. The van der Waals surface area contributed by atoms with Crippen LogP contribution in [0.15, 0.2) is 24.3 Å². The molecule has 0 aliphatic rings. The van der Waals surface area contributed by atoms with Crippen molar-refractivity contribution in [3.05, 3.63) is 46.9 Å². The van der Waals surface area contributed by atoms with Crippen LogP contribution in [0.4, 0.5) is 10.2 Å². The van der Waals surface area contributed by atoms with E-state index in [1.54, 1.807) is 16.7 Å². The van der Waals surface area contributed by atoms with Crippen molar-refractivity contribution >= 4 is 11.7 Å². The van der Waals surface area contributed by atoms with Crippen molar-refractivity contribution in [2.75, 3.05) is 11.9 Å². The molecule has 0 unspecified atom stereocenters. The summed E-state index contributed by atoms with van der Waals surface area (Å²) in [6.45, 7) is 9.94. The lowest BCUT2D eigenvalue weighted by atomic mass is 10.0. The zero-order valence-electron chi connectivity index (χ0n) is 15.9. The Morgan fingerprint density at radius 2 is 1.88 bits per heavy atom. The number of aromatic nitrogens is 1. The van der Waals surface area contributed by atoms with Crippen molar-refractivity contribution in [2.24, 2.45) is 0 Å². The minimum Gasteiger partial charge on any atom is -0.310 e. The van der Waals surface area contributed by atoms with Crippen LogP contribution in [-0.4, -0.2) is 22.6 Å². The molecule has 26 heavy (non-hydrogen) atoms. The Hall–Kier alpha value is -2.65. The summed E-state index contributed by atoms with van der Waals surface area (Å²) in [7, 11) is 0. The molecular weight excluding hydrogens is 331 g/mol. The fourth-order valence-corrected chi connectivity index (χ4v) is 2.59.